The van der Waals surface area contributed by atoms with Crippen LogP contribution in [-0.2, 0) is 0 Å². The van der Waals surface area contributed by atoms with Crippen molar-refractivity contribution in [2.75, 3.05) is 6.54 Å². The van der Waals surface area contributed by atoms with Gasteiger partial charge in [-0.25, -0.2) is 8.78 Å². The summed E-state index contributed by atoms with van der Waals surface area (Å²) in [5.74, 6) is -1.72. The molecule has 2 aromatic carbocycles. The van der Waals surface area contributed by atoms with Crippen molar-refractivity contribution >= 4 is 5.91 Å². The van der Waals surface area contributed by atoms with Gasteiger partial charge in [-0.1, -0.05) is 24.3 Å². The molecule has 3 rings (SSSR count). The highest BCUT2D eigenvalue weighted by Gasteiger charge is 2.15. The van der Waals surface area contributed by atoms with Crippen LogP contribution >= 0.6 is 0 Å². The summed E-state index contributed by atoms with van der Waals surface area (Å²) in [7, 11) is 0. The van der Waals surface area contributed by atoms with Crippen molar-refractivity contribution in [3.63, 3.8) is 0 Å². The largest absolute Gasteiger partial charge is 0.464 e. The molecule has 0 aliphatic rings. The van der Waals surface area contributed by atoms with Crippen molar-refractivity contribution in [2.45, 2.75) is 6.10 Å². The van der Waals surface area contributed by atoms with E-state index in [1.165, 1.54) is 0 Å². The highest BCUT2D eigenvalue weighted by molar-refractivity contribution is 5.94. The molecule has 3 aromatic rings. The number of furan rings is 1. The van der Waals surface area contributed by atoms with E-state index < -0.39 is 23.6 Å². The van der Waals surface area contributed by atoms with E-state index in [4.69, 9.17) is 4.42 Å². The molecule has 25 heavy (non-hydrogen) atoms. The molecular weight excluding hydrogens is 328 g/mol. The average Bonchev–Trinajstić information content (AvgIpc) is 3.14. The summed E-state index contributed by atoms with van der Waals surface area (Å²) in [6.45, 7) is -0.101. The molecule has 4 nitrogen and oxygen atoms in total. The summed E-state index contributed by atoms with van der Waals surface area (Å²) in [5, 5.41) is 12.6. The summed E-state index contributed by atoms with van der Waals surface area (Å²) in [4.78, 5) is 11.9. The van der Waals surface area contributed by atoms with E-state index in [1.54, 1.807) is 36.6 Å². The Labute approximate surface area is 142 Å². The van der Waals surface area contributed by atoms with Crippen molar-refractivity contribution in [1.82, 2.24) is 5.32 Å². The fourth-order valence-electron chi connectivity index (χ4n) is 2.39. The number of aliphatic hydroxyl groups is 1. The number of amides is 1. The van der Waals surface area contributed by atoms with Crippen LogP contribution in [0.25, 0.3) is 11.3 Å². The smallest absolute Gasteiger partial charge is 0.254 e. The first-order valence-corrected chi connectivity index (χ1v) is 7.60. The number of aliphatic hydroxyl groups excluding tert-OH is 1. The van der Waals surface area contributed by atoms with E-state index in [9.17, 15) is 18.7 Å². The number of nitrogens with one attached hydrogen (secondary N) is 1. The Morgan fingerprint density at radius 2 is 1.88 bits per heavy atom. The maximum atomic E-state index is 13.6. The van der Waals surface area contributed by atoms with Gasteiger partial charge in [-0.15, -0.1) is 0 Å². The maximum Gasteiger partial charge on any atom is 0.254 e. The summed E-state index contributed by atoms with van der Waals surface area (Å²) in [6.07, 6.45) is 0.612. The standard InChI is InChI=1S/C19H15F2NO3/c20-14-7-8-15(16(21)10-14)19(24)22-11-17(23)12-3-5-13(6-4-12)18-2-1-9-25-18/h1-10,17,23H,11H2,(H,22,24). The van der Waals surface area contributed by atoms with Crippen molar-refractivity contribution in [3.05, 3.63) is 83.6 Å². The lowest BCUT2D eigenvalue weighted by Crippen LogP contribution is -2.29. The van der Waals surface area contributed by atoms with Gasteiger partial charge < -0.3 is 14.8 Å². The van der Waals surface area contributed by atoms with Crippen LogP contribution in [0.5, 0.6) is 0 Å². The molecular formula is C19H15F2NO3. The minimum Gasteiger partial charge on any atom is -0.464 e. The van der Waals surface area contributed by atoms with E-state index in [1.807, 2.05) is 6.07 Å². The topological polar surface area (TPSA) is 62.5 Å². The molecule has 0 aliphatic carbocycles. The quantitative estimate of drug-likeness (QED) is 0.743. The van der Waals surface area contributed by atoms with E-state index in [0.29, 0.717) is 17.4 Å². The van der Waals surface area contributed by atoms with Gasteiger partial charge >= 0.3 is 0 Å². The molecule has 6 heteroatoms. The lowest BCUT2D eigenvalue weighted by Gasteiger charge is -2.13. The van der Waals surface area contributed by atoms with Crippen LogP contribution in [0.3, 0.4) is 0 Å². The predicted octanol–water partition coefficient (Wildman–Crippen LogP) is 3.69. The highest BCUT2D eigenvalue weighted by Crippen LogP contribution is 2.22. The first kappa shape index (κ1) is 16.9. The number of carbonyl (C=O) groups excluding carboxylic acids is 1. The Bertz CT molecular complexity index is 861. The molecule has 0 aliphatic heterocycles. The van der Waals surface area contributed by atoms with Crippen molar-refractivity contribution in [2.24, 2.45) is 0 Å². The fourth-order valence-corrected chi connectivity index (χ4v) is 2.39. The Hall–Kier alpha value is -2.99. The van der Waals surface area contributed by atoms with Gasteiger partial charge in [-0.2, -0.15) is 0 Å². The van der Waals surface area contributed by atoms with Gasteiger partial charge in [0.05, 0.1) is 17.9 Å². The summed E-state index contributed by atoms with van der Waals surface area (Å²) < 4.78 is 31.7. The van der Waals surface area contributed by atoms with Crippen molar-refractivity contribution in [3.8, 4) is 11.3 Å². The minimum atomic E-state index is -0.960. The van der Waals surface area contributed by atoms with Crippen LogP contribution in [-0.4, -0.2) is 17.6 Å². The van der Waals surface area contributed by atoms with Gasteiger partial charge in [0.15, 0.2) is 0 Å². The van der Waals surface area contributed by atoms with Crippen LogP contribution in [0.4, 0.5) is 8.78 Å². The predicted molar refractivity (Wildman–Crippen MR) is 87.8 cm³/mol. The third-order valence-electron chi connectivity index (χ3n) is 3.73. The Balaban J connectivity index is 1.62. The lowest BCUT2D eigenvalue weighted by atomic mass is 10.1. The molecule has 0 fully saturated rings. The number of carbonyl (C=O) groups is 1. The second-order valence-electron chi connectivity index (χ2n) is 5.45. The summed E-state index contributed by atoms with van der Waals surface area (Å²) in [6, 6.07) is 13.3. The Kier molecular flexibility index (Phi) is 4.90. The number of hydrogen-bond acceptors (Lipinski definition) is 3. The minimum absolute atomic E-state index is 0.101. The van der Waals surface area contributed by atoms with Gasteiger partial charge in [-0.3, -0.25) is 4.79 Å². The molecule has 0 spiro atoms. The molecule has 0 radical (unpaired) electrons. The third-order valence-corrected chi connectivity index (χ3v) is 3.73. The molecule has 0 saturated heterocycles. The van der Waals surface area contributed by atoms with Crippen LogP contribution in [0.15, 0.2) is 65.3 Å². The van der Waals surface area contributed by atoms with Crippen molar-refractivity contribution in [1.29, 1.82) is 0 Å². The summed E-state index contributed by atoms with van der Waals surface area (Å²) >= 11 is 0. The molecule has 0 saturated carbocycles. The number of benzene rings is 2. The van der Waals surface area contributed by atoms with Gasteiger partial charge in [0.25, 0.3) is 5.91 Å². The van der Waals surface area contributed by atoms with Gasteiger partial charge in [-0.05, 0) is 29.8 Å². The van der Waals surface area contributed by atoms with E-state index in [-0.39, 0.29) is 12.1 Å². The highest BCUT2D eigenvalue weighted by atomic mass is 19.1. The number of halogens is 2. The monoisotopic (exact) mass is 343 g/mol. The molecule has 1 amide bonds. The second kappa shape index (κ2) is 7.27. The molecule has 1 aromatic heterocycles. The number of rotatable bonds is 5. The normalized spacial score (nSPS) is 12.0. The van der Waals surface area contributed by atoms with Crippen LogP contribution in [0, 0.1) is 11.6 Å². The SMILES string of the molecule is O=C(NCC(O)c1ccc(-c2ccco2)cc1)c1ccc(F)cc1F. The zero-order valence-corrected chi connectivity index (χ0v) is 13.1. The Morgan fingerprint density at radius 3 is 2.52 bits per heavy atom. The zero-order chi connectivity index (χ0) is 17.8. The van der Waals surface area contributed by atoms with E-state index in [0.717, 1.165) is 17.7 Å². The second-order valence-corrected chi connectivity index (χ2v) is 5.45. The lowest BCUT2D eigenvalue weighted by molar-refractivity contribution is 0.0912. The molecule has 2 N–H and O–H groups in total. The molecule has 0 bridgehead atoms. The molecule has 128 valence electrons. The van der Waals surface area contributed by atoms with Gasteiger partial charge in [0.2, 0.25) is 0 Å². The molecule has 1 unspecified atom stereocenters. The van der Waals surface area contributed by atoms with Crippen molar-refractivity contribution < 1.29 is 23.1 Å². The first-order valence-electron chi connectivity index (χ1n) is 7.60. The van der Waals surface area contributed by atoms with Crippen LogP contribution < -0.4 is 5.32 Å². The third kappa shape index (κ3) is 3.92. The van der Waals surface area contributed by atoms with E-state index in [2.05, 4.69) is 5.32 Å². The molecule has 1 atom stereocenters. The zero-order valence-electron chi connectivity index (χ0n) is 13.1. The van der Waals surface area contributed by atoms with Gasteiger partial charge in [0.1, 0.15) is 17.4 Å². The Morgan fingerprint density at radius 1 is 1.12 bits per heavy atom. The summed E-state index contributed by atoms with van der Waals surface area (Å²) in [5.41, 5.74) is 1.18. The van der Waals surface area contributed by atoms with Crippen LogP contribution in [0.1, 0.15) is 22.0 Å². The average molecular weight is 343 g/mol. The van der Waals surface area contributed by atoms with E-state index >= 15 is 0 Å². The first-order chi connectivity index (χ1) is 12.0. The fraction of sp³-hybridized carbons (Fsp3) is 0.105. The maximum absolute atomic E-state index is 13.6. The molecule has 1 heterocycles. The number of hydrogen-bond donors (Lipinski definition) is 2. The van der Waals surface area contributed by atoms with Gasteiger partial charge in [0, 0.05) is 18.2 Å². The van der Waals surface area contributed by atoms with Crippen LogP contribution in [0.2, 0.25) is 0 Å².